The van der Waals surface area contributed by atoms with Crippen molar-refractivity contribution in [1.82, 2.24) is 5.32 Å². The third-order valence-electron chi connectivity index (χ3n) is 17.0. The highest BCUT2D eigenvalue weighted by Gasteiger charge is 2.20. The molecule has 0 radical (unpaired) electrons. The molecule has 0 aliphatic rings. The lowest BCUT2D eigenvalue weighted by molar-refractivity contribution is -0.143. The van der Waals surface area contributed by atoms with Gasteiger partial charge in [-0.3, -0.25) is 9.59 Å². The van der Waals surface area contributed by atoms with Crippen LogP contribution in [0.15, 0.2) is 24.3 Å². The van der Waals surface area contributed by atoms with E-state index in [9.17, 15) is 19.8 Å². The molecule has 0 aromatic rings. The number of allylic oxidation sites excluding steroid dienone is 4. The highest BCUT2D eigenvalue weighted by Crippen LogP contribution is 2.19. The molecular weight excluding hydrogens is 971 g/mol. The predicted molar refractivity (Wildman–Crippen MR) is 347 cm³/mol. The van der Waals surface area contributed by atoms with E-state index in [-0.39, 0.29) is 18.5 Å². The van der Waals surface area contributed by atoms with Crippen molar-refractivity contribution in [1.29, 1.82) is 0 Å². The van der Waals surface area contributed by atoms with E-state index in [0.29, 0.717) is 25.9 Å². The molecule has 0 aromatic heterocycles. The van der Waals surface area contributed by atoms with Crippen LogP contribution in [0.1, 0.15) is 406 Å². The van der Waals surface area contributed by atoms with Gasteiger partial charge >= 0.3 is 5.97 Å². The molecule has 79 heavy (non-hydrogen) atoms. The van der Waals surface area contributed by atoms with Gasteiger partial charge in [0.2, 0.25) is 5.91 Å². The normalized spacial score (nSPS) is 12.6. The number of carbonyl (C=O) groups is 2. The Morgan fingerprint density at radius 2 is 0.595 bits per heavy atom. The summed E-state index contributed by atoms with van der Waals surface area (Å²) < 4.78 is 5.49. The van der Waals surface area contributed by atoms with Crippen molar-refractivity contribution in [3.8, 4) is 0 Å². The maximum Gasteiger partial charge on any atom is 0.305 e. The first-order valence-corrected chi connectivity index (χ1v) is 36.1. The molecule has 0 heterocycles. The monoisotopic (exact) mass is 1110 g/mol. The molecule has 6 nitrogen and oxygen atoms in total. The van der Waals surface area contributed by atoms with Crippen LogP contribution in [0.2, 0.25) is 0 Å². The van der Waals surface area contributed by atoms with Gasteiger partial charge < -0.3 is 20.3 Å². The van der Waals surface area contributed by atoms with E-state index in [1.54, 1.807) is 0 Å². The number of amides is 1. The van der Waals surface area contributed by atoms with Crippen molar-refractivity contribution in [2.75, 3.05) is 13.2 Å². The van der Waals surface area contributed by atoms with E-state index in [4.69, 9.17) is 4.74 Å². The molecule has 468 valence electrons. The summed E-state index contributed by atoms with van der Waals surface area (Å²) in [4.78, 5) is 24.6. The molecule has 0 aromatic carbocycles. The third-order valence-corrected chi connectivity index (χ3v) is 17.0. The molecule has 2 atom stereocenters. The van der Waals surface area contributed by atoms with E-state index < -0.39 is 12.1 Å². The number of rotatable bonds is 68. The van der Waals surface area contributed by atoms with Crippen molar-refractivity contribution < 1.29 is 24.5 Å². The van der Waals surface area contributed by atoms with Gasteiger partial charge in [-0.1, -0.05) is 340 Å². The summed E-state index contributed by atoms with van der Waals surface area (Å²) in [7, 11) is 0. The van der Waals surface area contributed by atoms with Gasteiger partial charge in [0.05, 0.1) is 25.4 Å². The Kier molecular flexibility index (Phi) is 67.4. The first-order valence-electron chi connectivity index (χ1n) is 36.1. The standard InChI is InChI=1S/C73H141NO5/c1-3-5-7-9-11-13-15-17-19-20-21-22-25-28-31-34-38-41-45-49-53-57-61-65-71(76)70(69-75)74-72(77)66-62-58-54-50-46-42-39-35-32-29-26-23-24-27-30-33-36-40-44-48-52-56-60-64-68-79-73(78)67-63-59-55-51-47-43-37-18-16-14-12-10-8-6-4-2/h18,26,29,37,70-71,75-76H,3-17,19-25,27-28,30-36,38-69H2,1-2H3,(H,74,77)/b29-26-,37-18-. The Balaban J connectivity index is 3.40. The zero-order valence-corrected chi connectivity index (χ0v) is 53.6. The zero-order chi connectivity index (χ0) is 57.1. The third kappa shape index (κ3) is 65.4. The fourth-order valence-corrected chi connectivity index (χ4v) is 11.5. The fraction of sp³-hybridized carbons (Fsp3) is 0.918. The highest BCUT2D eigenvalue weighted by atomic mass is 16.5. The van der Waals surface area contributed by atoms with Gasteiger partial charge in [-0.05, 0) is 77.0 Å². The largest absolute Gasteiger partial charge is 0.466 e. The first-order chi connectivity index (χ1) is 39.0. The summed E-state index contributed by atoms with van der Waals surface area (Å²) in [6, 6.07) is -0.546. The second kappa shape index (κ2) is 68.8. The number of aliphatic hydroxyl groups excluding tert-OH is 2. The van der Waals surface area contributed by atoms with Crippen LogP contribution in [-0.2, 0) is 14.3 Å². The van der Waals surface area contributed by atoms with Crippen molar-refractivity contribution in [3.05, 3.63) is 24.3 Å². The van der Waals surface area contributed by atoms with Crippen molar-refractivity contribution in [2.45, 2.75) is 418 Å². The summed E-state index contributed by atoms with van der Waals surface area (Å²) in [6.07, 6.45) is 86.5. The maximum atomic E-state index is 12.6. The van der Waals surface area contributed by atoms with E-state index in [1.165, 1.54) is 327 Å². The number of unbranched alkanes of at least 4 members (excludes halogenated alkanes) is 53. The summed E-state index contributed by atoms with van der Waals surface area (Å²) in [6.45, 7) is 4.98. The Morgan fingerprint density at radius 1 is 0.342 bits per heavy atom. The Bertz CT molecular complexity index is 1230. The van der Waals surface area contributed by atoms with Crippen molar-refractivity contribution >= 4 is 11.9 Å². The second-order valence-electron chi connectivity index (χ2n) is 24.9. The van der Waals surface area contributed by atoms with E-state index in [2.05, 4.69) is 43.5 Å². The van der Waals surface area contributed by atoms with E-state index >= 15 is 0 Å². The minimum Gasteiger partial charge on any atom is -0.466 e. The quantitative estimate of drug-likeness (QED) is 0.0320. The van der Waals surface area contributed by atoms with Gasteiger partial charge in [0.15, 0.2) is 0 Å². The summed E-state index contributed by atoms with van der Waals surface area (Å²) in [5, 5.41) is 23.4. The van der Waals surface area contributed by atoms with Crippen LogP contribution in [0.5, 0.6) is 0 Å². The molecule has 0 spiro atoms. The average Bonchev–Trinajstić information content (AvgIpc) is 3.45. The van der Waals surface area contributed by atoms with Gasteiger partial charge in [-0.15, -0.1) is 0 Å². The van der Waals surface area contributed by atoms with Crippen molar-refractivity contribution in [2.24, 2.45) is 0 Å². The average molecular weight is 1110 g/mol. The van der Waals surface area contributed by atoms with Gasteiger partial charge in [0.1, 0.15) is 0 Å². The fourth-order valence-electron chi connectivity index (χ4n) is 11.5. The van der Waals surface area contributed by atoms with Crippen LogP contribution >= 0.6 is 0 Å². The van der Waals surface area contributed by atoms with Gasteiger partial charge in [-0.25, -0.2) is 0 Å². The molecular formula is C73H141NO5. The van der Waals surface area contributed by atoms with Crippen LogP contribution in [0, 0.1) is 0 Å². The molecule has 1 amide bonds. The smallest absolute Gasteiger partial charge is 0.305 e. The molecule has 0 aliphatic heterocycles. The highest BCUT2D eigenvalue weighted by molar-refractivity contribution is 5.76. The molecule has 2 unspecified atom stereocenters. The zero-order valence-electron chi connectivity index (χ0n) is 53.6. The molecule has 0 saturated carbocycles. The molecule has 0 bridgehead atoms. The maximum absolute atomic E-state index is 12.6. The minimum absolute atomic E-state index is 0.00557. The summed E-state index contributed by atoms with van der Waals surface area (Å²) in [5.41, 5.74) is 0. The Hall–Kier alpha value is -1.66. The van der Waals surface area contributed by atoms with Crippen LogP contribution in [0.3, 0.4) is 0 Å². The SMILES string of the molecule is CCCCCCCC/C=C\CCCCCCCC(=O)OCCCCCCCCCCCCCC/C=C\CCCCCCCCCCC(=O)NC(CO)C(O)CCCCCCCCCCCCCCCCCCCCCCCCC. The molecule has 0 aliphatic carbocycles. The number of ether oxygens (including phenoxy) is 1. The number of hydrogen-bond acceptors (Lipinski definition) is 5. The first kappa shape index (κ1) is 77.3. The lowest BCUT2D eigenvalue weighted by Crippen LogP contribution is -2.45. The lowest BCUT2D eigenvalue weighted by atomic mass is 10.0. The van der Waals surface area contributed by atoms with Crippen LogP contribution < -0.4 is 5.32 Å². The van der Waals surface area contributed by atoms with E-state index in [0.717, 1.165) is 44.9 Å². The Labute approximate surface area is 494 Å². The van der Waals surface area contributed by atoms with Gasteiger partial charge in [-0.2, -0.15) is 0 Å². The topological polar surface area (TPSA) is 95.9 Å². The molecule has 3 N–H and O–H groups in total. The van der Waals surface area contributed by atoms with Crippen LogP contribution in [-0.4, -0.2) is 47.4 Å². The molecule has 0 fully saturated rings. The minimum atomic E-state index is -0.669. The van der Waals surface area contributed by atoms with Crippen LogP contribution in [0.4, 0.5) is 0 Å². The van der Waals surface area contributed by atoms with Crippen LogP contribution in [0.25, 0.3) is 0 Å². The van der Waals surface area contributed by atoms with Gasteiger partial charge in [0.25, 0.3) is 0 Å². The molecule has 6 heteroatoms. The van der Waals surface area contributed by atoms with Gasteiger partial charge in [0, 0.05) is 12.8 Å². The number of aliphatic hydroxyl groups is 2. The molecule has 0 rings (SSSR count). The predicted octanol–water partition coefficient (Wildman–Crippen LogP) is 23.3. The second-order valence-corrected chi connectivity index (χ2v) is 24.9. The summed E-state index contributed by atoms with van der Waals surface area (Å²) >= 11 is 0. The number of carbonyl (C=O) groups excluding carboxylic acids is 2. The number of nitrogens with one attached hydrogen (secondary N) is 1. The summed E-state index contributed by atoms with van der Waals surface area (Å²) in [5.74, 6) is -0.0293. The van der Waals surface area contributed by atoms with E-state index in [1.807, 2.05) is 0 Å². The Morgan fingerprint density at radius 3 is 0.899 bits per heavy atom. The van der Waals surface area contributed by atoms with Crippen molar-refractivity contribution in [3.63, 3.8) is 0 Å². The molecule has 0 saturated heterocycles. The number of hydrogen-bond donors (Lipinski definition) is 3. The number of esters is 1. The lowest BCUT2D eigenvalue weighted by Gasteiger charge is -2.22.